The third-order valence-corrected chi connectivity index (χ3v) is 5.24. The fourth-order valence-corrected chi connectivity index (χ4v) is 3.59. The predicted octanol–water partition coefficient (Wildman–Crippen LogP) is 4.09. The first-order valence-corrected chi connectivity index (χ1v) is 8.29. The Labute approximate surface area is 125 Å². The van der Waals surface area contributed by atoms with Crippen molar-refractivity contribution in [1.82, 2.24) is 10.3 Å². The van der Waals surface area contributed by atoms with Gasteiger partial charge in [-0.1, -0.05) is 36.8 Å². The van der Waals surface area contributed by atoms with Crippen LogP contribution >= 0.6 is 11.3 Å². The van der Waals surface area contributed by atoms with Crippen LogP contribution in [-0.2, 0) is 0 Å². The highest BCUT2D eigenvalue weighted by molar-refractivity contribution is 7.09. The van der Waals surface area contributed by atoms with Crippen molar-refractivity contribution in [1.29, 1.82) is 0 Å². The summed E-state index contributed by atoms with van der Waals surface area (Å²) in [6, 6.07) is 9.64. The first kappa shape index (κ1) is 13.8. The molecule has 1 aromatic carbocycles. The number of aromatic nitrogens is 1. The number of hydrogen-bond acceptors (Lipinski definition) is 3. The summed E-state index contributed by atoms with van der Waals surface area (Å²) in [6.07, 6.45) is 4.44. The fourth-order valence-electron chi connectivity index (χ4n) is 2.89. The van der Waals surface area contributed by atoms with Gasteiger partial charge in [0.1, 0.15) is 0 Å². The fraction of sp³-hybridized carbons (Fsp3) is 0.471. The number of aryl methyl sites for hydroxylation is 1. The quantitative estimate of drug-likeness (QED) is 0.895. The molecule has 2 nitrogen and oxygen atoms in total. The lowest BCUT2D eigenvalue weighted by molar-refractivity contribution is 0.287. The summed E-state index contributed by atoms with van der Waals surface area (Å²) >= 11 is 1.76. The number of hydrogen-bond donors (Lipinski definition) is 1. The van der Waals surface area contributed by atoms with Gasteiger partial charge >= 0.3 is 0 Å². The Morgan fingerprint density at radius 1 is 1.40 bits per heavy atom. The molecule has 1 aliphatic carbocycles. The molecule has 106 valence electrons. The maximum atomic E-state index is 4.39. The normalized spacial score (nSPS) is 23.3. The molecule has 0 bridgehead atoms. The Kier molecular flexibility index (Phi) is 4.18. The van der Waals surface area contributed by atoms with Gasteiger partial charge < -0.3 is 5.32 Å². The van der Waals surface area contributed by atoms with Crippen LogP contribution in [0.1, 0.15) is 47.7 Å². The number of benzene rings is 1. The molecule has 1 unspecified atom stereocenters. The summed E-state index contributed by atoms with van der Waals surface area (Å²) in [6.45, 7) is 5.47. The molecule has 0 amide bonds. The molecule has 1 aliphatic rings. The molecule has 0 aliphatic heterocycles. The van der Waals surface area contributed by atoms with E-state index in [9.17, 15) is 0 Å². The van der Waals surface area contributed by atoms with Crippen LogP contribution in [-0.4, -0.2) is 17.6 Å². The van der Waals surface area contributed by atoms with Crippen LogP contribution < -0.4 is 5.32 Å². The molecule has 0 radical (unpaired) electrons. The third-order valence-electron chi connectivity index (χ3n) is 4.24. The zero-order chi connectivity index (χ0) is 13.9. The standard InChI is InChI=1S/C17H22N2S/c1-12-4-3-5-14(8-12)15-9-16(10-15)19-11-13(2)17-18-6-7-20-17/h3-8,13,15-16,19H,9-11H2,1-2H3. The molecule has 3 rings (SSSR count). The second kappa shape index (κ2) is 6.06. The van der Waals surface area contributed by atoms with Crippen LogP contribution in [0.4, 0.5) is 0 Å². The van der Waals surface area contributed by atoms with Gasteiger partial charge in [-0.05, 0) is 31.2 Å². The molecule has 2 aromatic rings. The minimum atomic E-state index is 0.521. The van der Waals surface area contributed by atoms with Crippen molar-refractivity contribution < 1.29 is 0 Å². The minimum absolute atomic E-state index is 0.521. The maximum Gasteiger partial charge on any atom is 0.0965 e. The van der Waals surface area contributed by atoms with Crippen molar-refractivity contribution in [2.45, 2.75) is 44.6 Å². The van der Waals surface area contributed by atoms with Crippen LogP contribution in [0.15, 0.2) is 35.8 Å². The van der Waals surface area contributed by atoms with E-state index in [1.807, 2.05) is 6.20 Å². The molecule has 1 N–H and O–H groups in total. The molecule has 1 saturated carbocycles. The summed E-state index contributed by atoms with van der Waals surface area (Å²) in [7, 11) is 0. The van der Waals surface area contributed by atoms with Gasteiger partial charge in [0.15, 0.2) is 0 Å². The molecular formula is C17H22N2S. The Morgan fingerprint density at radius 2 is 2.25 bits per heavy atom. The molecule has 1 heterocycles. The second-order valence-electron chi connectivity index (χ2n) is 5.96. The van der Waals surface area contributed by atoms with E-state index in [0.717, 1.165) is 12.5 Å². The largest absolute Gasteiger partial charge is 0.313 e. The topological polar surface area (TPSA) is 24.9 Å². The lowest BCUT2D eigenvalue weighted by Gasteiger charge is -2.37. The lowest BCUT2D eigenvalue weighted by atomic mass is 9.75. The van der Waals surface area contributed by atoms with Crippen LogP contribution in [0, 0.1) is 6.92 Å². The van der Waals surface area contributed by atoms with Crippen molar-refractivity contribution in [3.63, 3.8) is 0 Å². The van der Waals surface area contributed by atoms with Crippen LogP contribution in [0.2, 0.25) is 0 Å². The molecule has 20 heavy (non-hydrogen) atoms. The van der Waals surface area contributed by atoms with Gasteiger partial charge in [0.25, 0.3) is 0 Å². The second-order valence-corrected chi connectivity index (χ2v) is 6.89. The zero-order valence-corrected chi connectivity index (χ0v) is 13.0. The van der Waals surface area contributed by atoms with Crippen LogP contribution in [0.3, 0.4) is 0 Å². The minimum Gasteiger partial charge on any atom is -0.313 e. The smallest absolute Gasteiger partial charge is 0.0965 e. The van der Waals surface area contributed by atoms with Gasteiger partial charge in [-0.15, -0.1) is 11.3 Å². The van der Waals surface area contributed by atoms with Crippen molar-refractivity contribution in [2.24, 2.45) is 0 Å². The Balaban J connectivity index is 1.44. The van der Waals surface area contributed by atoms with Crippen molar-refractivity contribution in [2.75, 3.05) is 6.54 Å². The Hall–Kier alpha value is -1.19. The van der Waals surface area contributed by atoms with E-state index >= 15 is 0 Å². The number of rotatable bonds is 5. The summed E-state index contributed by atoms with van der Waals surface area (Å²) in [5.74, 6) is 1.27. The lowest BCUT2D eigenvalue weighted by Crippen LogP contribution is -2.41. The molecule has 1 atom stereocenters. The number of nitrogens with one attached hydrogen (secondary N) is 1. The number of thiazole rings is 1. The van der Waals surface area contributed by atoms with Crippen molar-refractivity contribution in [3.8, 4) is 0 Å². The number of nitrogens with zero attached hydrogens (tertiary/aromatic N) is 1. The monoisotopic (exact) mass is 286 g/mol. The average Bonchev–Trinajstić information content (AvgIpc) is 2.90. The summed E-state index contributed by atoms with van der Waals surface area (Å²) in [5.41, 5.74) is 2.88. The van der Waals surface area contributed by atoms with Crippen molar-refractivity contribution >= 4 is 11.3 Å². The molecule has 3 heteroatoms. The molecular weight excluding hydrogens is 264 g/mol. The highest BCUT2D eigenvalue weighted by atomic mass is 32.1. The highest BCUT2D eigenvalue weighted by Crippen LogP contribution is 2.37. The summed E-state index contributed by atoms with van der Waals surface area (Å²) < 4.78 is 0. The summed E-state index contributed by atoms with van der Waals surface area (Å²) in [5, 5.41) is 6.99. The SMILES string of the molecule is Cc1cccc(C2CC(NCC(C)c3nccs3)C2)c1. The van der Waals surface area contributed by atoms with E-state index in [-0.39, 0.29) is 0 Å². The van der Waals surface area contributed by atoms with E-state index in [1.165, 1.54) is 29.0 Å². The van der Waals surface area contributed by atoms with E-state index < -0.39 is 0 Å². The molecule has 0 spiro atoms. The van der Waals surface area contributed by atoms with Crippen molar-refractivity contribution in [3.05, 3.63) is 52.0 Å². The van der Waals surface area contributed by atoms with E-state index in [4.69, 9.17) is 0 Å². The van der Waals surface area contributed by atoms with Gasteiger partial charge in [-0.2, -0.15) is 0 Å². The third kappa shape index (κ3) is 3.10. The molecule has 1 aromatic heterocycles. The average molecular weight is 286 g/mol. The van der Waals surface area contributed by atoms with E-state index in [2.05, 4.69) is 53.8 Å². The molecule has 1 fully saturated rings. The zero-order valence-electron chi connectivity index (χ0n) is 12.2. The van der Waals surface area contributed by atoms with Crippen LogP contribution in [0.25, 0.3) is 0 Å². The Bertz CT molecular complexity index is 544. The summed E-state index contributed by atoms with van der Waals surface area (Å²) in [4.78, 5) is 4.39. The van der Waals surface area contributed by atoms with E-state index in [0.29, 0.717) is 12.0 Å². The first-order chi connectivity index (χ1) is 9.72. The van der Waals surface area contributed by atoms with Gasteiger partial charge in [0.2, 0.25) is 0 Å². The Morgan fingerprint density at radius 3 is 2.95 bits per heavy atom. The highest BCUT2D eigenvalue weighted by Gasteiger charge is 2.30. The van der Waals surface area contributed by atoms with Crippen LogP contribution in [0.5, 0.6) is 0 Å². The van der Waals surface area contributed by atoms with E-state index in [1.54, 1.807) is 11.3 Å². The van der Waals surface area contributed by atoms with Gasteiger partial charge in [0, 0.05) is 30.1 Å². The first-order valence-electron chi connectivity index (χ1n) is 7.41. The van der Waals surface area contributed by atoms with Gasteiger partial charge in [-0.25, -0.2) is 4.98 Å². The predicted molar refractivity (Wildman–Crippen MR) is 85.5 cm³/mol. The molecule has 0 saturated heterocycles. The van der Waals surface area contributed by atoms with Gasteiger partial charge in [-0.3, -0.25) is 0 Å². The maximum absolute atomic E-state index is 4.39. The van der Waals surface area contributed by atoms with Gasteiger partial charge in [0.05, 0.1) is 5.01 Å².